The van der Waals surface area contributed by atoms with Gasteiger partial charge >= 0.3 is 0 Å². The molecule has 0 bridgehead atoms. The maximum absolute atomic E-state index is 12.1. The third-order valence-corrected chi connectivity index (χ3v) is 5.14. The molecule has 1 aromatic carbocycles. The van der Waals surface area contributed by atoms with Crippen molar-refractivity contribution in [1.29, 1.82) is 0 Å². The van der Waals surface area contributed by atoms with Gasteiger partial charge in [0.15, 0.2) is 0 Å². The fourth-order valence-electron chi connectivity index (χ4n) is 3.63. The molecule has 0 atom stereocenters. The van der Waals surface area contributed by atoms with Gasteiger partial charge in [-0.05, 0) is 44.9 Å². The molecule has 2 aromatic rings. The van der Waals surface area contributed by atoms with Crippen LogP contribution in [0.4, 0.5) is 0 Å². The topological polar surface area (TPSA) is 76.0 Å². The summed E-state index contributed by atoms with van der Waals surface area (Å²) in [4.78, 5) is 24.1. The van der Waals surface area contributed by atoms with E-state index in [1.165, 1.54) is 12.5 Å². The molecule has 0 radical (unpaired) electrons. The zero-order valence-electron chi connectivity index (χ0n) is 16.6. The molecule has 0 unspecified atom stereocenters. The van der Waals surface area contributed by atoms with E-state index in [1.807, 2.05) is 48.9 Å². The monoisotopic (exact) mass is 380 g/mol. The lowest BCUT2D eigenvalue weighted by atomic mass is 9.95. The van der Waals surface area contributed by atoms with Crippen LogP contribution in [0.15, 0.2) is 36.4 Å². The standard InChI is InChI=1S/C22H28N4O2/c1-16-20(17(2)26(25-16)19-11-7-4-8-12-19)13-14-21(27)23-15-22(28)24-18-9-5-3-6-10-18/h4,7-8,11-14,18H,3,5-6,9-10,15H2,1-2H3,(H,23,27)(H,24,28)/b14-13+. The molecular formula is C22H28N4O2. The molecule has 3 rings (SSSR count). The first kappa shape index (κ1) is 19.9. The van der Waals surface area contributed by atoms with Crippen molar-refractivity contribution in [1.82, 2.24) is 20.4 Å². The van der Waals surface area contributed by atoms with Crippen LogP contribution in [-0.4, -0.2) is 34.2 Å². The molecule has 148 valence electrons. The van der Waals surface area contributed by atoms with Gasteiger partial charge in [-0.2, -0.15) is 5.10 Å². The van der Waals surface area contributed by atoms with E-state index in [0.29, 0.717) is 0 Å². The SMILES string of the molecule is Cc1nn(-c2ccccc2)c(C)c1/C=C/C(=O)NCC(=O)NC1CCCCC1. The fraction of sp³-hybridized carbons (Fsp3) is 0.409. The molecule has 6 heteroatoms. The van der Waals surface area contributed by atoms with Gasteiger partial charge in [0.25, 0.3) is 0 Å². The Morgan fingerprint density at radius 3 is 2.57 bits per heavy atom. The van der Waals surface area contributed by atoms with Crippen molar-refractivity contribution >= 4 is 17.9 Å². The highest BCUT2D eigenvalue weighted by Gasteiger charge is 2.16. The Balaban J connectivity index is 1.55. The molecule has 1 heterocycles. The molecule has 2 N–H and O–H groups in total. The van der Waals surface area contributed by atoms with Crippen molar-refractivity contribution in [2.24, 2.45) is 0 Å². The van der Waals surface area contributed by atoms with Crippen LogP contribution in [0.1, 0.15) is 49.1 Å². The first-order valence-corrected chi connectivity index (χ1v) is 9.91. The van der Waals surface area contributed by atoms with E-state index in [2.05, 4.69) is 15.7 Å². The summed E-state index contributed by atoms with van der Waals surface area (Å²) in [7, 11) is 0. The number of para-hydroxylation sites is 1. The number of hydrogen-bond donors (Lipinski definition) is 2. The van der Waals surface area contributed by atoms with Crippen LogP contribution in [0.3, 0.4) is 0 Å². The van der Waals surface area contributed by atoms with Crippen LogP contribution < -0.4 is 10.6 Å². The molecule has 2 amide bonds. The van der Waals surface area contributed by atoms with Gasteiger partial charge in [-0.15, -0.1) is 0 Å². The van der Waals surface area contributed by atoms with E-state index in [4.69, 9.17) is 0 Å². The van der Waals surface area contributed by atoms with Crippen molar-refractivity contribution in [3.8, 4) is 5.69 Å². The van der Waals surface area contributed by atoms with Gasteiger partial charge in [0, 0.05) is 23.4 Å². The van der Waals surface area contributed by atoms with Crippen molar-refractivity contribution < 1.29 is 9.59 Å². The summed E-state index contributed by atoms with van der Waals surface area (Å²) in [5.74, 6) is -0.414. The predicted octanol–water partition coefficient (Wildman–Crippen LogP) is 3.07. The van der Waals surface area contributed by atoms with E-state index >= 15 is 0 Å². The molecule has 1 aromatic heterocycles. The number of rotatable bonds is 6. The molecule has 0 spiro atoms. The second kappa shape index (κ2) is 9.35. The van der Waals surface area contributed by atoms with Gasteiger partial charge < -0.3 is 10.6 Å². The Morgan fingerprint density at radius 2 is 1.86 bits per heavy atom. The summed E-state index contributed by atoms with van der Waals surface area (Å²) < 4.78 is 1.87. The van der Waals surface area contributed by atoms with Crippen molar-refractivity contribution in [2.75, 3.05) is 6.54 Å². The number of carbonyl (C=O) groups is 2. The second-order valence-electron chi connectivity index (χ2n) is 7.29. The number of benzene rings is 1. The summed E-state index contributed by atoms with van der Waals surface area (Å²) in [5.41, 5.74) is 3.69. The van der Waals surface area contributed by atoms with Crippen LogP contribution in [0.5, 0.6) is 0 Å². The molecule has 6 nitrogen and oxygen atoms in total. The molecule has 1 aliphatic carbocycles. The van der Waals surface area contributed by atoms with Crippen LogP contribution >= 0.6 is 0 Å². The molecule has 28 heavy (non-hydrogen) atoms. The van der Waals surface area contributed by atoms with Crippen molar-refractivity contribution in [3.63, 3.8) is 0 Å². The lowest BCUT2D eigenvalue weighted by Gasteiger charge is -2.22. The highest BCUT2D eigenvalue weighted by Crippen LogP contribution is 2.19. The zero-order valence-corrected chi connectivity index (χ0v) is 16.6. The van der Waals surface area contributed by atoms with Crippen LogP contribution in [0.2, 0.25) is 0 Å². The van der Waals surface area contributed by atoms with Gasteiger partial charge in [0.05, 0.1) is 17.9 Å². The predicted molar refractivity (Wildman–Crippen MR) is 110 cm³/mol. The Bertz CT molecular complexity index is 849. The summed E-state index contributed by atoms with van der Waals surface area (Å²) >= 11 is 0. The first-order chi connectivity index (χ1) is 13.5. The second-order valence-corrected chi connectivity index (χ2v) is 7.29. The number of aromatic nitrogens is 2. The molecule has 1 saturated carbocycles. The largest absolute Gasteiger partial charge is 0.352 e. The average Bonchev–Trinajstić information content (AvgIpc) is 3.00. The minimum Gasteiger partial charge on any atom is -0.352 e. The number of amides is 2. The molecule has 0 aliphatic heterocycles. The van der Waals surface area contributed by atoms with Gasteiger partial charge in [0.2, 0.25) is 11.8 Å². The molecule has 1 aliphatic rings. The summed E-state index contributed by atoms with van der Waals surface area (Å²) in [6.45, 7) is 3.89. The van der Waals surface area contributed by atoms with E-state index in [9.17, 15) is 9.59 Å². The summed E-state index contributed by atoms with van der Waals surface area (Å²) in [5, 5.41) is 10.2. The van der Waals surface area contributed by atoms with Gasteiger partial charge in [-0.25, -0.2) is 4.68 Å². The third kappa shape index (κ3) is 5.09. The lowest BCUT2D eigenvalue weighted by molar-refractivity contribution is -0.124. The molecule has 1 fully saturated rings. The third-order valence-electron chi connectivity index (χ3n) is 5.14. The zero-order chi connectivity index (χ0) is 19.9. The van der Waals surface area contributed by atoms with Gasteiger partial charge in [0.1, 0.15) is 0 Å². The number of nitrogens with one attached hydrogen (secondary N) is 2. The number of aryl methyl sites for hydroxylation is 1. The maximum Gasteiger partial charge on any atom is 0.244 e. The molecular weight excluding hydrogens is 352 g/mol. The van der Waals surface area contributed by atoms with Gasteiger partial charge in [-0.3, -0.25) is 9.59 Å². The quantitative estimate of drug-likeness (QED) is 0.756. The van der Waals surface area contributed by atoms with Crippen LogP contribution in [0, 0.1) is 13.8 Å². The lowest BCUT2D eigenvalue weighted by Crippen LogP contribution is -2.42. The molecule has 0 saturated heterocycles. The Kier molecular flexibility index (Phi) is 6.63. The first-order valence-electron chi connectivity index (χ1n) is 9.91. The Morgan fingerprint density at radius 1 is 1.14 bits per heavy atom. The Hall–Kier alpha value is -2.89. The minimum atomic E-state index is -0.287. The van der Waals surface area contributed by atoms with Crippen molar-refractivity contribution in [2.45, 2.75) is 52.0 Å². The number of carbonyl (C=O) groups excluding carboxylic acids is 2. The normalized spacial score (nSPS) is 14.9. The van der Waals surface area contributed by atoms with E-state index in [1.54, 1.807) is 6.08 Å². The number of nitrogens with zero attached hydrogens (tertiary/aromatic N) is 2. The van der Waals surface area contributed by atoms with Crippen LogP contribution in [-0.2, 0) is 9.59 Å². The minimum absolute atomic E-state index is 0.000908. The Labute approximate surface area is 166 Å². The maximum atomic E-state index is 12.1. The van der Waals surface area contributed by atoms with Crippen LogP contribution in [0.25, 0.3) is 11.8 Å². The smallest absolute Gasteiger partial charge is 0.244 e. The van der Waals surface area contributed by atoms with Crippen molar-refractivity contribution in [3.05, 3.63) is 53.4 Å². The highest BCUT2D eigenvalue weighted by atomic mass is 16.2. The fourth-order valence-corrected chi connectivity index (χ4v) is 3.63. The van der Waals surface area contributed by atoms with Gasteiger partial charge in [-0.1, -0.05) is 37.5 Å². The summed E-state index contributed by atoms with van der Waals surface area (Å²) in [6.07, 6.45) is 8.84. The number of hydrogen-bond acceptors (Lipinski definition) is 3. The highest BCUT2D eigenvalue weighted by molar-refractivity contribution is 5.94. The average molecular weight is 380 g/mol. The van der Waals surface area contributed by atoms with E-state index < -0.39 is 0 Å². The van der Waals surface area contributed by atoms with E-state index in [-0.39, 0.29) is 24.4 Å². The summed E-state index contributed by atoms with van der Waals surface area (Å²) in [6, 6.07) is 10.1. The van der Waals surface area contributed by atoms with E-state index in [0.717, 1.165) is 48.3 Å².